The highest BCUT2D eigenvalue weighted by Crippen LogP contribution is 2.13. The summed E-state index contributed by atoms with van der Waals surface area (Å²) >= 11 is 0. The second kappa shape index (κ2) is 7.13. The SMILES string of the molecule is CC(C)CN1CCN(C(=O)CCn2cnc3ccccc32)CC1. The van der Waals surface area contributed by atoms with Crippen LogP contribution in [0.4, 0.5) is 0 Å². The number of carbonyl (C=O) groups is 1. The van der Waals surface area contributed by atoms with Gasteiger partial charge in [-0.3, -0.25) is 9.69 Å². The number of fused-ring (bicyclic) bond motifs is 1. The predicted molar refractivity (Wildman–Crippen MR) is 92.2 cm³/mol. The first kappa shape index (κ1) is 16.0. The lowest BCUT2D eigenvalue weighted by Crippen LogP contribution is -2.49. The number of benzene rings is 1. The molecule has 23 heavy (non-hydrogen) atoms. The van der Waals surface area contributed by atoms with E-state index in [1.54, 1.807) is 0 Å². The Morgan fingerprint density at radius 2 is 1.91 bits per heavy atom. The summed E-state index contributed by atoms with van der Waals surface area (Å²) in [6.07, 6.45) is 2.38. The van der Waals surface area contributed by atoms with Crippen molar-refractivity contribution in [3.05, 3.63) is 30.6 Å². The van der Waals surface area contributed by atoms with Crippen LogP contribution >= 0.6 is 0 Å². The highest BCUT2D eigenvalue weighted by Gasteiger charge is 2.21. The Hall–Kier alpha value is -1.88. The van der Waals surface area contributed by atoms with Crippen LogP contribution in [0.5, 0.6) is 0 Å². The van der Waals surface area contributed by atoms with Gasteiger partial charge in [0.15, 0.2) is 0 Å². The Bertz CT molecular complexity index is 656. The minimum absolute atomic E-state index is 0.256. The van der Waals surface area contributed by atoms with Gasteiger partial charge in [0.25, 0.3) is 0 Å². The summed E-state index contributed by atoms with van der Waals surface area (Å²) < 4.78 is 2.07. The number of rotatable bonds is 5. The second-order valence-corrected chi connectivity index (χ2v) is 6.75. The van der Waals surface area contributed by atoms with Gasteiger partial charge in [0.05, 0.1) is 17.4 Å². The quantitative estimate of drug-likeness (QED) is 0.850. The Kier molecular flexibility index (Phi) is 4.96. The van der Waals surface area contributed by atoms with E-state index in [-0.39, 0.29) is 5.91 Å². The zero-order valence-corrected chi connectivity index (χ0v) is 14.1. The van der Waals surface area contributed by atoms with Gasteiger partial charge in [0, 0.05) is 45.7 Å². The zero-order valence-electron chi connectivity index (χ0n) is 14.1. The smallest absolute Gasteiger partial charge is 0.224 e. The van der Waals surface area contributed by atoms with Crippen molar-refractivity contribution >= 4 is 16.9 Å². The van der Waals surface area contributed by atoms with Crippen molar-refractivity contribution < 1.29 is 4.79 Å². The summed E-state index contributed by atoms with van der Waals surface area (Å²) in [6, 6.07) is 8.05. The van der Waals surface area contributed by atoms with E-state index < -0.39 is 0 Å². The van der Waals surface area contributed by atoms with E-state index in [1.165, 1.54) is 0 Å². The van der Waals surface area contributed by atoms with Crippen LogP contribution in [0.2, 0.25) is 0 Å². The van der Waals surface area contributed by atoms with Gasteiger partial charge in [-0.15, -0.1) is 0 Å². The van der Waals surface area contributed by atoms with Gasteiger partial charge in [-0.1, -0.05) is 26.0 Å². The average Bonchev–Trinajstić information content (AvgIpc) is 2.96. The molecule has 0 aliphatic carbocycles. The molecule has 5 nitrogen and oxygen atoms in total. The van der Waals surface area contributed by atoms with Crippen LogP contribution in [0.25, 0.3) is 11.0 Å². The second-order valence-electron chi connectivity index (χ2n) is 6.75. The van der Waals surface area contributed by atoms with Crippen molar-refractivity contribution in [3.8, 4) is 0 Å². The number of amides is 1. The number of imidazole rings is 1. The Morgan fingerprint density at radius 1 is 1.17 bits per heavy atom. The number of aryl methyl sites for hydroxylation is 1. The van der Waals surface area contributed by atoms with Crippen LogP contribution in [-0.4, -0.2) is 58.0 Å². The molecule has 0 saturated carbocycles. The molecule has 124 valence electrons. The van der Waals surface area contributed by atoms with Gasteiger partial charge in [-0.05, 0) is 18.1 Å². The lowest BCUT2D eigenvalue weighted by Gasteiger charge is -2.35. The highest BCUT2D eigenvalue weighted by atomic mass is 16.2. The molecule has 0 N–H and O–H groups in total. The summed E-state index contributed by atoms with van der Waals surface area (Å²) in [7, 11) is 0. The predicted octanol–water partition coefficient (Wildman–Crippen LogP) is 2.23. The maximum Gasteiger partial charge on any atom is 0.224 e. The van der Waals surface area contributed by atoms with Crippen LogP contribution < -0.4 is 0 Å². The normalized spacial score (nSPS) is 16.4. The van der Waals surface area contributed by atoms with E-state index >= 15 is 0 Å². The molecule has 2 heterocycles. The summed E-state index contributed by atoms with van der Waals surface area (Å²) in [4.78, 5) is 21.3. The molecule has 1 amide bonds. The Morgan fingerprint density at radius 3 is 2.65 bits per heavy atom. The van der Waals surface area contributed by atoms with Crippen molar-refractivity contribution in [2.45, 2.75) is 26.8 Å². The van der Waals surface area contributed by atoms with E-state index in [9.17, 15) is 4.79 Å². The van der Waals surface area contributed by atoms with Gasteiger partial charge < -0.3 is 9.47 Å². The standard InChI is InChI=1S/C18H26N4O/c1-15(2)13-20-9-11-21(12-10-20)18(23)7-8-22-14-19-16-5-3-4-6-17(16)22/h3-6,14-15H,7-13H2,1-2H3. The fourth-order valence-corrected chi connectivity index (χ4v) is 3.26. The van der Waals surface area contributed by atoms with E-state index in [2.05, 4.69) is 34.4 Å². The van der Waals surface area contributed by atoms with Crippen LogP contribution in [0, 0.1) is 5.92 Å². The minimum atomic E-state index is 0.256. The Labute approximate surface area is 137 Å². The van der Waals surface area contributed by atoms with Gasteiger partial charge in [0.1, 0.15) is 0 Å². The molecule has 0 atom stereocenters. The van der Waals surface area contributed by atoms with Crippen molar-refractivity contribution in [2.75, 3.05) is 32.7 Å². The third-order valence-corrected chi connectivity index (χ3v) is 4.44. The highest BCUT2D eigenvalue weighted by molar-refractivity contribution is 5.77. The largest absolute Gasteiger partial charge is 0.340 e. The van der Waals surface area contributed by atoms with Gasteiger partial charge >= 0.3 is 0 Å². The molecule has 0 spiro atoms. The lowest BCUT2D eigenvalue weighted by molar-refractivity contribution is -0.133. The number of aromatic nitrogens is 2. The summed E-state index contributed by atoms with van der Waals surface area (Å²) in [5, 5.41) is 0. The molecule has 0 unspecified atom stereocenters. The minimum Gasteiger partial charge on any atom is -0.340 e. The van der Waals surface area contributed by atoms with E-state index in [4.69, 9.17) is 0 Å². The summed E-state index contributed by atoms with van der Waals surface area (Å²) in [6.45, 7) is 10.0. The molecule has 1 saturated heterocycles. The number of hydrogen-bond acceptors (Lipinski definition) is 3. The molecule has 0 radical (unpaired) electrons. The van der Waals surface area contributed by atoms with Crippen LogP contribution in [0.3, 0.4) is 0 Å². The first-order chi connectivity index (χ1) is 11.1. The van der Waals surface area contributed by atoms with Gasteiger partial charge in [-0.2, -0.15) is 0 Å². The molecular formula is C18H26N4O. The lowest BCUT2D eigenvalue weighted by atomic mass is 10.2. The maximum absolute atomic E-state index is 12.4. The number of hydrogen-bond donors (Lipinski definition) is 0. The molecule has 3 rings (SSSR count). The van der Waals surface area contributed by atoms with E-state index in [0.29, 0.717) is 18.9 Å². The molecule has 1 aliphatic rings. The third kappa shape index (κ3) is 3.91. The molecule has 1 aromatic carbocycles. The fourth-order valence-electron chi connectivity index (χ4n) is 3.26. The maximum atomic E-state index is 12.4. The molecule has 2 aromatic rings. The first-order valence-corrected chi connectivity index (χ1v) is 8.53. The van der Waals surface area contributed by atoms with E-state index in [1.807, 2.05) is 29.4 Å². The number of nitrogens with zero attached hydrogens (tertiary/aromatic N) is 4. The molecule has 1 aliphatic heterocycles. The van der Waals surface area contributed by atoms with Crippen molar-refractivity contribution in [2.24, 2.45) is 5.92 Å². The number of para-hydroxylation sites is 2. The molecular weight excluding hydrogens is 288 g/mol. The van der Waals surface area contributed by atoms with Gasteiger partial charge in [-0.25, -0.2) is 4.98 Å². The fraction of sp³-hybridized carbons (Fsp3) is 0.556. The van der Waals surface area contributed by atoms with Gasteiger partial charge in [0.2, 0.25) is 5.91 Å². The average molecular weight is 314 g/mol. The molecule has 5 heteroatoms. The van der Waals surface area contributed by atoms with Crippen LogP contribution in [0.15, 0.2) is 30.6 Å². The summed E-state index contributed by atoms with van der Waals surface area (Å²) in [5.74, 6) is 0.943. The van der Waals surface area contributed by atoms with Crippen molar-refractivity contribution in [1.82, 2.24) is 19.4 Å². The van der Waals surface area contributed by atoms with Crippen molar-refractivity contribution in [3.63, 3.8) is 0 Å². The molecule has 1 fully saturated rings. The monoisotopic (exact) mass is 314 g/mol. The molecule has 0 bridgehead atoms. The zero-order chi connectivity index (χ0) is 16.2. The van der Waals surface area contributed by atoms with E-state index in [0.717, 1.165) is 43.8 Å². The number of carbonyl (C=O) groups excluding carboxylic acids is 1. The van der Waals surface area contributed by atoms with Crippen LogP contribution in [-0.2, 0) is 11.3 Å². The third-order valence-electron chi connectivity index (χ3n) is 4.44. The van der Waals surface area contributed by atoms with Crippen molar-refractivity contribution in [1.29, 1.82) is 0 Å². The topological polar surface area (TPSA) is 41.4 Å². The van der Waals surface area contributed by atoms with Crippen LogP contribution in [0.1, 0.15) is 20.3 Å². The Balaban J connectivity index is 1.50. The first-order valence-electron chi connectivity index (χ1n) is 8.53. The molecule has 1 aromatic heterocycles. The summed E-state index contributed by atoms with van der Waals surface area (Å²) in [5.41, 5.74) is 2.09. The number of piperazine rings is 1.